The lowest BCUT2D eigenvalue weighted by atomic mass is 10.1. The Morgan fingerprint density at radius 1 is 1.07 bits per heavy atom. The van der Waals surface area contributed by atoms with E-state index < -0.39 is 6.04 Å². The molecule has 2 aromatic heterocycles. The van der Waals surface area contributed by atoms with E-state index in [-0.39, 0.29) is 5.91 Å². The second kappa shape index (κ2) is 7.82. The van der Waals surface area contributed by atoms with E-state index in [1.807, 2.05) is 59.3 Å². The summed E-state index contributed by atoms with van der Waals surface area (Å²) in [5, 5.41) is 26.3. The van der Waals surface area contributed by atoms with Crippen LogP contribution in [-0.2, 0) is 11.2 Å². The number of rotatable bonds is 7. The summed E-state index contributed by atoms with van der Waals surface area (Å²) in [7, 11) is 0. The Kier molecular flexibility index (Phi) is 4.72. The van der Waals surface area contributed by atoms with Crippen molar-refractivity contribution in [3.8, 4) is 11.4 Å². The molecule has 150 valence electrons. The molecule has 4 aromatic rings. The van der Waals surface area contributed by atoms with Crippen LogP contribution in [0.2, 0.25) is 0 Å². The average molecular weight is 401 g/mol. The van der Waals surface area contributed by atoms with Crippen molar-refractivity contribution in [1.29, 1.82) is 0 Å². The molecule has 1 fully saturated rings. The fourth-order valence-electron chi connectivity index (χ4n) is 3.37. The summed E-state index contributed by atoms with van der Waals surface area (Å²) >= 11 is 0. The number of aromatic nitrogens is 8. The van der Waals surface area contributed by atoms with Crippen LogP contribution >= 0.6 is 0 Å². The molecule has 1 aliphatic carbocycles. The van der Waals surface area contributed by atoms with Crippen molar-refractivity contribution in [2.45, 2.75) is 31.3 Å². The topological polar surface area (TPSA) is 116 Å². The summed E-state index contributed by atoms with van der Waals surface area (Å²) in [6, 6.07) is 17.1. The van der Waals surface area contributed by atoms with Crippen LogP contribution in [0.1, 0.15) is 30.5 Å². The Balaban J connectivity index is 1.38. The molecule has 1 saturated carbocycles. The van der Waals surface area contributed by atoms with Gasteiger partial charge >= 0.3 is 0 Å². The lowest BCUT2D eigenvalue weighted by molar-refractivity contribution is -0.119. The fraction of sp³-hybridized carbons (Fsp3) is 0.250. The molecule has 10 nitrogen and oxygen atoms in total. The predicted octanol–water partition coefficient (Wildman–Crippen LogP) is 2.08. The number of carbonyl (C=O) groups excluding carboxylic acids is 1. The van der Waals surface area contributed by atoms with Gasteiger partial charge in [-0.1, -0.05) is 42.5 Å². The van der Waals surface area contributed by atoms with Crippen LogP contribution in [0, 0.1) is 0 Å². The van der Waals surface area contributed by atoms with Crippen molar-refractivity contribution in [3.63, 3.8) is 0 Å². The summed E-state index contributed by atoms with van der Waals surface area (Å²) in [6.45, 7) is 0. The van der Waals surface area contributed by atoms with Gasteiger partial charge in [0.2, 0.25) is 5.91 Å². The third-order valence-electron chi connectivity index (χ3n) is 5.03. The molecule has 30 heavy (non-hydrogen) atoms. The van der Waals surface area contributed by atoms with Crippen LogP contribution < -0.4 is 5.32 Å². The first-order valence-corrected chi connectivity index (χ1v) is 9.73. The first kappa shape index (κ1) is 18.1. The fourth-order valence-corrected chi connectivity index (χ4v) is 3.37. The minimum atomic E-state index is -0.581. The summed E-state index contributed by atoms with van der Waals surface area (Å²) in [6.07, 6.45) is 4.09. The molecule has 2 aromatic carbocycles. The van der Waals surface area contributed by atoms with Gasteiger partial charge in [-0.15, -0.1) is 10.2 Å². The highest BCUT2D eigenvalue weighted by molar-refractivity contribution is 5.94. The van der Waals surface area contributed by atoms with Crippen LogP contribution in [0.15, 0.2) is 60.9 Å². The minimum Gasteiger partial charge on any atom is -0.324 e. The van der Waals surface area contributed by atoms with Gasteiger partial charge in [0.05, 0.1) is 6.04 Å². The molecule has 1 aliphatic rings. The van der Waals surface area contributed by atoms with E-state index in [9.17, 15) is 4.79 Å². The van der Waals surface area contributed by atoms with Gasteiger partial charge in [-0.25, -0.2) is 9.36 Å². The number of amides is 1. The van der Waals surface area contributed by atoms with Gasteiger partial charge < -0.3 is 5.32 Å². The van der Waals surface area contributed by atoms with Crippen molar-refractivity contribution in [2.24, 2.45) is 0 Å². The summed E-state index contributed by atoms with van der Waals surface area (Å²) in [4.78, 5) is 13.1. The molecule has 0 bridgehead atoms. The molecule has 5 rings (SSSR count). The van der Waals surface area contributed by atoms with E-state index in [1.54, 1.807) is 0 Å². The predicted molar refractivity (Wildman–Crippen MR) is 107 cm³/mol. The Morgan fingerprint density at radius 3 is 2.70 bits per heavy atom. The second-order valence-corrected chi connectivity index (χ2v) is 7.24. The largest absolute Gasteiger partial charge is 0.324 e. The van der Waals surface area contributed by atoms with E-state index >= 15 is 0 Å². The second-order valence-electron chi connectivity index (χ2n) is 7.24. The number of nitrogens with zero attached hydrogens (tertiary/aromatic N) is 8. The van der Waals surface area contributed by atoms with E-state index in [2.05, 4.69) is 36.4 Å². The molecule has 10 heteroatoms. The van der Waals surface area contributed by atoms with Crippen LogP contribution in [-0.4, -0.2) is 46.3 Å². The normalized spacial score (nSPS) is 14.4. The highest BCUT2D eigenvalue weighted by Crippen LogP contribution is 2.36. The molecule has 1 unspecified atom stereocenters. The maximum Gasteiger partial charge on any atom is 0.249 e. The van der Waals surface area contributed by atoms with Crippen LogP contribution in [0.3, 0.4) is 0 Å². The molecule has 1 amide bonds. The molecule has 0 spiro atoms. The Hall–Kier alpha value is -3.95. The third-order valence-corrected chi connectivity index (χ3v) is 5.03. The molecule has 2 heterocycles. The molecular formula is C20H19N9O. The van der Waals surface area contributed by atoms with Gasteiger partial charge in [-0.3, -0.25) is 4.79 Å². The van der Waals surface area contributed by atoms with Crippen molar-refractivity contribution in [1.82, 2.24) is 40.4 Å². The van der Waals surface area contributed by atoms with Gasteiger partial charge in [0.25, 0.3) is 0 Å². The average Bonchev–Trinajstić information content (AvgIpc) is 3.26. The lowest BCUT2D eigenvalue weighted by Gasteiger charge is -2.17. The number of benzene rings is 2. The monoisotopic (exact) mass is 401 g/mol. The lowest BCUT2D eigenvalue weighted by Crippen LogP contribution is -2.28. The molecule has 1 atom stereocenters. The van der Waals surface area contributed by atoms with Crippen molar-refractivity contribution in [3.05, 3.63) is 66.5 Å². The number of carbonyl (C=O) groups is 1. The van der Waals surface area contributed by atoms with Gasteiger partial charge in [-0.2, -0.15) is 0 Å². The quantitative estimate of drug-likeness (QED) is 0.504. The summed E-state index contributed by atoms with van der Waals surface area (Å²) in [5.74, 6) is 0.500. The maximum atomic E-state index is 13.1. The van der Waals surface area contributed by atoms with Gasteiger partial charge in [0.15, 0.2) is 5.82 Å². The van der Waals surface area contributed by atoms with Gasteiger partial charge in [-0.05, 0) is 51.4 Å². The summed E-state index contributed by atoms with van der Waals surface area (Å²) < 4.78 is 3.32. The number of tetrazole rings is 2. The zero-order valence-corrected chi connectivity index (χ0v) is 16.0. The number of nitrogens with one attached hydrogen (secondary N) is 1. The van der Waals surface area contributed by atoms with Crippen molar-refractivity contribution in [2.75, 3.05) is 5.32 Å². The SMILES string of the molecule is O=C(Nc1cccc(-c2nnnn2C2CC2)c1)C(Cc1ccccc1)n1cnnn1. The molecule has 1 N–H and O–H groups in total. The Morgan fingerprint density at radius 2 is 1.93 bits per heavy atom. The number of hydrogen-bond donors (Lipinski definition) is 1. The number of anilines is 1. The van der Waals surface area contributed by atoms with Gasteiger partial charge in [0.1, 0.15) is 12.4 Å². The highest BCUT2D eigenvalue weighted by atomic mass is 16.2. The first-order valence-electron chi connectivity index (χ1n) is 9.73. The standard InChI is InChI=1S/C20H19N9O/c30-20(18(28-13-21-24-26-28)11-14-5-2-1-3-6-14)22-16-8-4-7-15(12-16)19-23-25-27-29(19)17-9-10-17/h1-8,12-13,17-18H,9-11H2,(H,22,30). The van der Waals surface area contributed by atoms with Crippen LogP contribution in [0.25, 0.3) is 11.4 Å². The first-order chi connectivity index (χ1) is 14.8. The van der Waals surface area contributed by atoms with Crippen molar-refractivity contribution >= 4 is 11.6 Å². The highest BCUT2D eigenvalue weighted by Gasteiger charge is 2.28. The zero-order valence-electron chi connectivity index (χ0n) is 16.0. The van der Waals surface area contributed by atoms with Crippen molar-refractivity contribution < 1.29 is 4.79 Å². The third kappa shape index (κ3) is 3.79. The Labute approximate surface area is 171 Å². The molecule has 0 radical (unpaired) electrons. The van der Waals surface area contributed by atoms with E-state index in [1.165, 1.54) is 11.0 Å². The van der Waals surface area contributed by atoms with Crippen LogP contribution in [0.5, 0.6) is 0 Å². The van der Waals surface area contributed by atoms with E-state index in [0.717, 1.165) is 24.0 Å². The summed E-state index contributed by atoms with van der Waals surface area (Å²) in [5.41, 5.74) is 2.53. The van der Waals surface area contributed by atoms with Gasteiger partial charge in [0, 0.05) is 17.7 Å². The smallest absolute Gasteiger partial charge is 0.249 e. The molecule has 0 aliphatic heterocycles. The molecule has 0 saturated heterocycles. The number of hydrogen-bond acceptors (Lipinski definition) is 7. The minimum absolute atomic E-state index is 0.204. The van der Waals surface area contributed by atoms with E-state index in [4.69, 9.17) is 0 Å². The van der Waals surface area contributed by atoms with E-state index in [0.29, 0.717) is 24.0 Å². The molecular weight excluding hydrogens is 382 g/mol. The zero-order chi connectivity index (χ0) is 20.3. The maximum absolute atomic E-state index is 13.1. The Bertz CT molecular complexity index is 1140. The van der Waals surface area contributed by atoms with Crippen LogP contribution in [0.4, 0.5) is 5.69 Å².